The number of anilines is 1. The molecule has 2 aromatic rings. The number of para-hydroxylation sites is 1. The van der Waals surface area contributed by atoms with Crippen LogP contribution in [0, 0.1) is 6.92 Å². The van der Waals surface area contributed by atoms with Gasteiger partial charge in [-0.05, 0) is 36.2 Å². The highest BCUT2D eigenvalue weighted by Crippen LogP contribution is 2.18. The van der Waals surface area contributed by atoms with Crippen LogP contribution in [0.3, 0.4) is 0 Å². The number of nitrogens with two attached hydrogens (primary N) is 1. The SMILES string of the molecule is COCc1ccccc1NCc1ccc(C(N)=O)cc1C. The summed E-state index contributed by atoms with van der Waals surface area (Å²) in [4.78, 5) is 11.2. The molecule has 0 aliphatic heterocycles. The normalized spacial score (nSPS) is 10.4. The predicted octanol–water partition coefficient (Wildman–Crippen LogP) is 2.85. The van der Waals surface area contributed by atoms with Gasteiger partial charge in [-0.25, -0.2) is 0 Å². The van der Waals surface area contributed by atoms with E-state index in [0.29, 0.717) is 18.7 Å². The lowest BCUT2D eigenvalue weighted by Gasteiger charge is -2.13. The molecule has 2 rings (SSSR count). The van der Waals surface area contributed by atoms with E-state index in [4.69, 9.17) is 10.5 Å². The Morgan fingerprint density at radius 2 is 1.95 bits per heavy atom. The molecule has 110 valence electrons. The molecule has 0 fully saturated rings. The van der Waals surface area contributed by atoms with Crippen LogP contribution >= 0.6 is 0 Å². The highest BCUT2D eigenvalue weighted by molar-refractivity contribution is 5.93. The van der Waals surface area contributed by atoms with Crippen molar-refractivity contribution in [3.05, 3.63) is 64.7 Å². The monoisotopic (exact) mass is 284 g/mol. The average molecular weight is 284 g/mol. The van der Waals surface area contributed by atoms with Gasteiger partial charge in [0.1, 0.15) is 0 Å². The number of carbonyl (C=O) groups is 1. The zero-order chi connectivity index (χ0) is 15.2. The number of hydrogen-bond acceptors (Lipinski definition) is 3. The number of ether oxygens (including phenoxy) is 1. The van der Waals surface area contributed by atoms with Gasteiger partial charge in [0, 0.05) is 30.5 Å². The molecule has 0 aliphatic rings. The summed E-state index contributed by atoms with van der Waals surface area (Å²) in [5.41, 5.74) is 10.2. The van der Waals surface area contributed by atoms with E-state index in [0.717, 1.165) is 22.4 Å². The Bertz CT molecular complexity index is 638. The van der Waals surface area contributed by atoms with Crippen LogP contribution in [0.5, 0.6) is 0 Å². The van der Waals surface area contributed by atoms with Crippen LogP contribution < -0.4 is 11.1 Å². The molecule has 0 saturated carbocycles. The first-order chi connectivity index (χ1) is 10.1. The standard InChI is InChI=1S/C17H20N2O2/c1-12-9-13(17(18)20)7-8-14(12)10-19-16-6-4-3-5-15(16)11-21-2/h3-9,19H,10-11H2,1-2H3,(H2,18,20). The number of benzene rings is 2. The van der Waals surface area contributed by atoms with Crippen molar-refractivity contribution in [3.63, 3.8) is 0 Å². The molecule has 4 heteroatoms. The summed E-state index contributed by atoms with van der Waals surface area (Å²) in [5.74, 6) is -0.400. The molecule has 21 heavy (non-hydrogen) atoms. The molecule has 0 atom stereocenters. The minimum atomic E-state index is -0.400. The van der Waals surface area contributed by atoms with Crippen LogP contribution in [0.4, 0.5) is 5.69 Å². The first-order valence-electron chi connectivity index (χ1n) is 6.82. The van der Waals surface area contributed by atoms with Crippen LogP contribution in [0.25, 0.3) is 0 Å². The van der Waals surface area contributed by atoms with Gasteiger partial charge in [-0.3, -0.25) is 4.79 Å². The third-order valence-electron chi connectivity index (χ3n) is 3.41. The number of amides is 1. The molecule has 0 spiro atoms. The minimum absolute atomic E-state index is 0.400. The molecule has 0 radical (unpaired) electrons. The van der Waals surface area contributed by atoms with E-state index in [-0.39, 0.29) is 0 Å². The number of rotatable bonds is 6. The molecule has 0 aliphatic carbocycles. The van der Waals surface area contributed by atoms with Gasteiger partial charge in [0.25, 0.3) is 0 Å². The number of nitrogens with one attached hydrogen (secondary N) is 1. The number of hydrogen-bond donors (Lipinski definition) is 2. The minimum Gasteiger partial charge on any atom is -0.381 e. The van der Waals surface area contributed by atoms with Crippen molar-refractivity contribution in [3.8, 4) is 0 Å². The molecule has 0 unspecified atom stereocenters. The molecule has 0 saturated heterocycles. The van der Waals surface area contributed by atoms with E-state index in [1.165, 1.54) is 0 Å². The molecule has 3 N–H and O–H groups in total. The lowest BCUT2D eigenvalue weighted by atomic mass is 10.0. The van der Waals surface area contributed by atoms with Gasteiger partial charge in [-0.15, -0.1) is 0 Å². The quantitative estimate of drug-likeness (QED) is 0.857. The molecular weight excluding hydrogens is 264 g/mol. The van der Waals surface area contributed by atoms with Gasteiger partial charge < -0.3 is 15.8 Å². The first-order valence-corrected chi connectivity index (χ1v) is 6.82. The summed E-state index contributed by atoms with van der Waals surface area (Å²) in [6.45, 7) is 3.24. The molecule has 4 nitrogen and oxygen atoms in total. The Balaban J connectivity index is 2.11. The van der Waals surface area contributed by atoms with Crippen molar-refractivity contribution in [2.24, 2.45) is 5.73 Å². The Morgan fingerprint density at radius 1 is 1.19 bits per heavy atom. The van der Waals surface area contributed by atoms with E-state index < -0.39 is 5.91 Å². The van der Waals surface area contributed by atoms with Crippen molar-refractivity contribution >= 4 is 11.6 Å². The summed E-state index contributed by atoms with van der Waals surface area (Å²) in [7, 11) is 1.68. The lowest BCUT2D eigenvalue weighted by Crippen LogP contribution is -2.12. The Labute approximate surface area is 124 Å². The maximum absolute atomic E-state index is 11.2. The van der Waals surface area contributed by atoms with Crippen molar-refractivity contribution in [1.29, 1.82) is 0 Å². The number of primary amides is 1. The van der Waals surface area contributed by atoms with Gasteiger partial charge in [0.2, 0.25) is 5.91 Å². The summed E-state index contributed by atoms with van der Waals surface area (Å²) < 4.78 is 5.20. The average Bonchev–Trinajstić information content (AvgIpc) is 2.47. The highest BCUT2D eigenvalue weighted by Gasteiger charge is 2.05. The zero-order valence-electron chi connectivity index (χ0n) is 12.3. The van der Waals surface area contributed by atoms with Gasteiger partial charge in [-0.1, -0.05) is 24.3 Å². The maximum Gasteiger partial charge on any atom is 0.248 e. The Morgan fingerprint density at radius 3 is 2.62 bits per heavy atom. The first kappa shape index (κ1) is 15.1. The summed E-state index contributed by atoms with van der Waals surface area (Å²) in [6.07, 6.45) is 0. The van der Waals surface area contributed by atoms with Crippen molar-refractivity contribution < 1.29 is 9.53 Å². The second-order valence-corrected chi connectivity index (χ2v) is 4.95. The third-order valence-corrected chi connectivity index (χ3v) is 3.41. The molecular formula is C17H20N2O2. The lowest BCUT2D eigenvalue weighted by molar-refractivity contribution is 0.1000. The van der Waals surface area contributed by atoms with Crippen molar-refractivity contribution in [2.45, 2.75) is 20.1 Å². The van der Waals surface area contributed by atoms with E-state index in [1.54, 1.807) is 13.2 Å². The van der Waals surface area contributed by atoms with Gasteiger partial charge in [-0.2, -0.15) is 0 Å². The predicted molar refractivity (Wildman–Crippen MR) is 84.2 cm³/mol. The fourth-order valence-electron chi connectivity index (χ4n) is 2.21. The van der Waals surface area contributed by atoms with Crippen LogP contribution in [-0.4, -0.2) is 13.0 Å². The van der Waals surface area contributed by atoms with E-state index in [1.807, 2.05) is 43.3 Å². The zero-order valence-corrected chi connectivity index (χ0v) is 12.3. The second-order valence-electron chi connectivity index (χ2n) is 4.95. The van der Waals surface area contributed by atoms with E-state index >= 15 is 0 Å². The van der Waals surface area contributed by atoms with E-state index in [9.17, 15) is 4.79 Å². The van der Waals surface area contributed by atoms with Gasteiger partial charge in [0.05, 0.1) is 6.61 Å². The Kier molecular flexibility index (Phi) is 4.95. The molecule has 2 aromatic carbocycles. The molecule has 0 heterocycles. The maximum atomic E-state index is 11.2. The van der Waals surface area contributed by atoms with Gasteiger partial charge in [0.15, 0.2) is 0 Å². The second kappa shape index (κ2) is 6.90. The fraction of sp³-hybridized carbons (Fsp3) is 0.235. The van der Waals surface area contributed by atoms with E-state index in [2.05, 4.69) is 5.32 Å². The fourth-order valence-corrected chi connectivity index (χ4v) is 2.21. The summed E-state index contributed by atoms with van der Waals surface area (Å²) in [6, 6.07) is 13.6. The number of carbonyl (C=O) groups excluding carboxylic acids is 1. The smallest absolute Gasteiger partial charge is 0.248 e. The Hall–Kier alpha value is -2.33. The topological polar surface area (TPSA) is 64.3 Å². The van der Waals surface area contributed by atoms with Crippen LogP contribution in [0.1, 0.15) is 27.0 Å². The molecule has 0 bridgehead atoms. The van der Waals surface area contributed by atoms with Crippen LogP contribution in [0.15, 0.2) is 42.5 Å². The highest BCUT2D eigenvalue weighted by atomic mass is 16.5. The number of methoxy groups -OCH3 is 1. The molecule has 0 aromatic heterocycles. The molecule has 1 amide bonds. The van der Waals surface area contributed by atoms with Crippen molar-refractivity contribution in [1.82, 2.24) is 0 Å². The van der Waals surface area contributed by atoms with Crippen LogP contribution in [0.2, 0.25) is 0 Å². The van der Waals surface area contributed by atoms with Crippen LogP contribution in [-0.2, 0) is 17.9 Å². The largest absolute Gasteiger partial charge is 0.381 e. The summed E-state index contributed by atoms with van der Waals surface area (Å²) >= 11 is 0. The van der Waals surface area contributed by atoms with Crippen molar-refractivity contribution in [2.75, 3.05) is 12.4 Å². The summed E-state index contributed by atoms with van der Waals surface area (Å²) in [5, 5.41) is 3.41. The third kappa shape index (κ3) is 3.83. The van der Waals surface area contributed by atoms with Gasteiger partial charge >= 0.3 is 0 Å². The number of aryl methyl sites for hydroxylation is 1.